The molecule has 1 N–H and O–H groups in total. The van der Waals surface area contributed by atoms with Gasteiger partial charge in [-0.25, -0.2) is 9.59 Å². The minimum absolute atomic E-state index is 0.00840. The van der Waals surface area contributed by atoms with Gasteiger partial charge in [0.15, 0.2) is 0 Å². The molecule has 2 aliphatic rings. The number of hydrogen-bond acceptors (Lipinski definition) is 3. The number of carbonyl (C=O) groups is 2. The molecule has 0 aromatic heterocycles. The van der Waals surface area contributed by atoms with Gasteiger partial charge < -0.3 is 19.9 Å². The molecule has 114 valence electrons. The van der Waals surface area contributed by atoms with Crippen LogP contribution in [0.1, 0.15) is 32.6 Å². The van der Waals surface area contributed by atoms with E-state index < -0.39 is 0 Å². The Kier molecular flexibility index (Phi) is 5.09. The van der Waals surface area contributed by atoms with E-state index in [0.717, 1.165) is 18.8 Å². The molecule has 1 aliphatic heterocycles. The highest BCUT2D eigenvalue weighted by atomic mass is 16.5. The highest BCUT2D eigenvalue weighted by Crippen LogP contribution is 2.23. The first-order chi connectivity index (χ1) is 9.60. The Morgan fingerprint density at radius 2 is 1.55 bits per heavy atom. The zero-order chi connectivity index (χ0) is 14.5. The summed E-state index contributed by atoms with van der Waals surface area (Å²) in [4.78, 5) is 27.0. The normalized spacial score (nSPS) is 27.1. The molecule has 0 atom stereocenters. The van der Waals surface area contributed by atoms with E-state index >= 15 is 0 Å². The van der Waals surface area contributed by atoms with Gasteiger partial charge >= 0.3 is 12.1 Å². The number of nitrogens with zero attached hydrogens (tertiary/aromatic N) is 2. The molecule has 0 bridgehead atoms. The summed E-state index contributed by atoms with van der Waals surface area (Å²) in [5.41, 5.74) is 0. The molecule has 1 aliphatic carbocycles. The monoisotopic (exact) mass is 283 g/mol. The first kappa shape index (κ1) is 14.9. The topological polar surface area (TPSA) is 61.9 Å². The number of nitrogens with one attached hydrogen (secondary N) is 1. The zero-order valence-corrected chi connectivity index (χ0v) is 12.4. The van der Waals surface area contributed by atoms with Crippen molar-refractivity contribution in [2.45, 2.75) is 38.6 Å². The maximum Gasteiger partial charge on any atom is 0.409 e. The van der Waals surface area contributed by atoms with Crippen molar-refractivity contribution in [3.63, 3.8) is 0 Å². The van der Waals surface area contributed by atoms with Crippen LogP contribution in [0.15, 0.2) is 0 Å². The van der Waals surface area contributed by atoms with Crippen LogP contribution >= 0.6 is 0 Å². The average molecular weight is 283 g/mol. The van der Waals surface area contributed by atoms with Crippen LogP contribution in [0.3, 0.4) is 0 Å². The van der Waals surface area contributed by atoms with E-state index in [0.29, 0.717) is 32.2 Å². The molecule has 0 aromatic carbocycles. The number of carbonyl (C=O) groups excluding carboxylic acids is 2. The van der Waals surface area contributed by atoms with E-state index in [4.69, 9.17) is 0 Å². The molecule has 1 saturated carbocycles. The zero-order valence-electron chi connectivity index (χ0n) is 12.4. The van der Waals surface area contributed by atoms with Crippen molar-refractivity contribution < 1.29 is 14.3 Å². The Morgan fingerprint density at radius 1 is 1.00 bits per heavy atom. The minimum Gasteiger partial charge on any atom is -0.453 e. The molecule has 0 unspecified atom stereocenters. The number of piperazine rings is 1. The van der Waals surface area contributed by atoms with Crippen molar-refractivity contribution >= 4 is 12.1 Å². The summed E-state index contributed by atoms with van der Waals surface area (Å²) in [6.07, 6.45) is 4.23. The number of ether oxygens (including phenoxy) is 1. The fourth-order valence-corrected chi connectivity index (χ4v) is 2.89. The molecule has 3 amide bonds. The number of amides is 3. The maximum absolute atomic E-state index is 12.2. The van der Waals surface area contributed by atoms with E-state index in [1.807, 2.05) is 0 Å². The summed E-state index contributed by atoms with van der Waals surface area (Å²) in [7, 11) is 1.38. The van der Waals surface area contributed by atoms with Crippen molar-refractivity contribution in [3.8, 4) is 0 Å². The van der Waals surface area contributed by atoms with E-state index in [1.54, 1.807) is 9.80 Å². The van der Waals surface area contributed by atoms with E-state index in [1.165, 1.54) is 20.0 Å². The van der Waals surface area contributed by atoms with Crippen molar-refractivity contribution in [1.29, 1.82) is 0 Å². The van der Waals surface area contributed by atoms with Crippen LogP contribution < -0.4 is 5.32 Å². The minimum atomic E-state index is -0.314. The molecule has 20 heavy (non-hydrogen) atoms. The Balaban J connectivity index is 1.73. The van der Waals surface area contributed by atoms with Gasteiger partial charge in [0.05, 0.1) is 7.11 Å². The fraction of sp³-hybridized carbons (Fsp3) is 0.857. The number of urea groups is 1. The average Bonchev–Trinajstić information content (AvgIpc) is 2.49. The van der Waals surface area contributed by atoms with Crippen LogP contribution in [-0.2, 0) is 4.74 Å². The first-order valence-electron chi connectivity index (χ1n) is 7.48. The Bertz CT molecular complexity index is 346. The highest BCUT2D eigenvalue weighted by molar-refractivity contribution is 5.75. The summed E-state index contributed by atoms with van der Waals surface area (Å²) in [6.45, 7) is 4.50. The standard InChI is InChI=1S/C14H25N3O3/c1-11-3-5-12(6-4-11)15-13(18)16-7-9-17(10-8-16)14(19)20-2/h11-12H,3-10H2,1-2H3,(H,15,18). The number of rotatable bonds is 1. The molecular weight excluding hydrogens is 258 g/mol. The quantitative estimate of drug-likeness (QED) is 0.796. The third-order valence-electron chi connectivity index (χ3n) is 4.34. The van der Waals surface area contributed by atoms with E-state index in [2.05, 4.69) is 17.0 Å². The lowest BCUT2D eigenvalue weighted by molar-refractivity contribution is 0.0960. The van der Waals surface area contributed by atoms with Gasteiger partial charge in [-0.15, -0.1) is 0 Å². The predicted molar refractivity (Wildman–Crippen MR) is 75.5 cm³/mol. The largest absolute Gasteiger partial charge is 0.453 e. The van der Waals surface area contributed by atoms with Gasteiger partial charge in [0.2, 0.25) is 0 Å². The molecule has 0 aromatic rings. The second-order valence-electron chi connectivity index (χ2n) is 5.85. The SMILES string of the molecule is COC(=O)N1CCN(C(=O)NC2CCC(C)CC2)CC1. The van der Waals surface area contributed by atoms with Crippen LogP contribution in [0, 0.1) is 5.92 Å². The third-order valence-corrected chi connectivity index (χ3v) is 4.34. The maximum atomic E-state index is 12.2. The molecule has 2 rings (SSSR count). The van der Waals surface area contributed by atoms with Gasteiger partial charge in [-0.1, -0.05) is 6.92 Å². The number of hydrogen-bond donors (Lipinski definition) is 1. The fourth-order valence-electron chi connectivity index (χ4n) is 2.89. The van der Waals surface area contributed by atoms with Gasteiger partial charge in [-0.2, -0.15) is 0 Å². The van der Waals surface area contributed by atoms with Crippen LogP contribution in [0.2, 0.25) is 0 Å². The Hall–Kier alpha value is -1.46. The molecule has 0 spiro atoms. The van der Waals surface area contributed by atoms with Gasteiger partial charge in [0.25, 0.3) is 0 Å². The summed E-state index contributed by atoms with van der Waals surface area (Å²) in [6, 6.07) is 0.325. The van der Waals surface area contributed by atoms with Crippen LogP contribution in [0.4, 0.5) is 9.59 Å². The van der Waals surface area contributed by atoms with Crippen molar-refractivity contribution in [2.24, 2.45) is 5.92 Å². The van der Waals surface area contributed by atoms with Crippen molar-refractivity contribution in [2.75, 3.05) is 33.3 Å². The van der Waals surface area contributed by atoms with Gasteiger partial charge in [0, 0.05) is 32.2 Å². The number of methoxy groups -OCH3 is 1. The van der Waals surface area contributed by atoms with Crippen molar-refractivity contribution in [1.82, 2.24) is 15.1 Å². The second-order valence-corrected chi connectivity index (χ2v) is 5.85. The highest BCUT2D eigenvalue weighted by Gasteiger charge is 2.26. The predicted octanol–water partition coefficient (Wildman–Crippen LogP) is 1.66. The summed E-state index contributed by atoms with van der Waals surface area (Å²) < 4.78 is 4.68. The first-order valence-corrected chi connectivity index (χ1v) is 7.48. The molecule has 6 heteroatoms. The summed E-state index contributed by atoms with van der Waals surface area (Å²) in [5.74, 6) is 0.784. The lowest BCUT2D eigenvalue weighted by atomic mass is 9.87. The molecular formula is C14H25N3O3. The Labute approximate surface area is 120 Å². The molecule has 2 fully saturated rings. The van der Waals surface area contributed by atoms with E-state index in [-0.39, 0.29) is 12.1 Å². The van der Waals surface area contributed by atoms with E-state index in [9.17, 15) is 9.59 Å². The van der Waals surface area contributed by atoms with Crippen LogP contribution in [-0.4, -0.2) is 61.3 Å². The third kappa shape index (κ3) is 3.77. The smallest absolute Gasteiger partial charge is 0.409 e. The summed E-state index contributed by atoms with van der Waals surface area (Å²) in [5, 5.41) is 3.12. The molecule has 0 radical (unpaired) electrons. The van der Waals surface area contributed by atoms with Gasteiger partial charge in [-0.3, -0.25) is 0 Å². The van der Waals surface area contributed by atoms with Gasteiger partial charge in [-0.05, 0) is 31.6 Å². The lowest BCUT2D eigenvalue weighted by Gasteiger charge is -2.35. The Morgan fingerprint density at radius 3 is 2.10 bits per heavy atom. The second kappa shape index (κ2) is 6.81. The molecule has 6 nitrogen and oxygen atoms in total. The summed E-state index contributed by atoms with van der Waals surface area (Å²) >= 11 is 0. The van der Waals surface area contributed by atoms with Crippen LogP contribution in [0.25, 0.3) is 0 Å². The molecule has 1 saturated heterocycles. The molecule has 1 heterocycles. The lowest BCUT2D eigenvalue weighted by Crippen LogP contribution is -2.54. The van der Waals surface area contributed by atoms with Crippen molar-refractivity contribution in [3.05, 3.63) is 0 Å². The van der Waals surface area contributed by atoms with Gasteiger partial charge in [0.1, 0.15) is 0 Å². The van der Waals surface area contributed by atoms with Crippen LogP contribution in [0.5, 0.6) is 0 Å².